The minimum absolute atomic E-state index is 0.141. The lowest BCUT2D eigenvalue weighted by molar-refractivity contribution is 0.338. The van der Waals surface area contributed by atoms with Gasteiger partial charge in [0.1, 0.15) is 11.6 Å². The van der Waals surface area contributed by atoms with E-state index in [1.54, 1.807) is 29.8 Å². The molecule has 3 aromatic rings. The van der Waals surface area contributed by atoms with Crippen molar-refractivity contribution in [2.24, 2.45) is 0 Å². The van der Waals surface area contributed by atoms with Gasteiger partial charge in [0.2, 0.25) is 0 Å². The lowest BCUT2D eigenvalue weighted by Gasteiger charge is -2.14. The molecule has 0 N–H and O–H groups in total. The molecular formula is C16H15N3O2. The summed E-state index contributed by atoms with van der Waals surface area (Å²) in [6.45, 7) is 4.24. The Bertz CT molecular complexity index is 856. The van der Waals surface area contributed by atoms with Gasteiger partial charge >= 0.3 is 0 Å². The summed E-state index contributed by atoms with van der Waals surface area (Å²) in [5.74, 6) is 1.24. The van der Waals surface area contributed by atoms with Crippen molar-refractivity contribution >= 4 is 11.0 Å². The fourth-order valence-electron chi connectivity index (χ4n) is 2.33. The molecule has 0 aliphatic heterocycles. The molecule has 0 aliphatic rings. The molecule has 0 radical (unpaired) electrons. The SMILES string of the molecule is CCOc1ccccc1-n1c(C)nc2ncccc2c1=O. The minimum Gasteiger partial charge on any atom is -0.492 e. The standard InChI is InChI=1S/C16H15N3O2/c1-3-21-14-9-5-4-8-13(14)19-11(2)18-15-12(16(19)20)7-6-10-17-15/h4-10H,3H2,1-2H3. The largest absolute Gasteiger partial charge is 0.492 e. The van der Waals surface area contributed by atoms with Crippen molar-refractivity contribution in [3.05, 3.63) is 58.8 Å². The summed E-state index contributed by atoms with van der Waals surface area (Å²) in [6, 6.07) is 10.9. The van der Waals surface area contributed by atoms with Crippen LogP contribution in [0.5, 0.6) is 5.75 Å². The quantitative estimate of drug-likeness (QED) is 0.740. The molecule has 1 aromatic carbocycles. The van der Waals surface area contributed by atoms with Gasteiger partial charge in [0.25, 0.3) is 5.56 Å². The van der Waals surface area contributed by atoms with Crippen LogP contribution in [0.4, 0.5) is 0 Å². The molecule has 0 atom stereocenters. The first-order valence-corrected chi connectivity index (χ1v) is 6.79. The summed E-state index contributed by atoms with van der Waals surface area (Å²) in [4.78, 5) is 21.3. The van der Waals surface area contributed by atoms with Crippen LogP contribution in [0.25, 0.3) is 16.7 Å². The van der Waals surface area contributed by atoms with E-state index in [4.69, 9.17) is 4.74 Å². The summed E-state index contributed by atoms with van der Waals surface area (Å²) in [5, 5.41) is 0.495. The molecule has 0 bridgehead atoms. The summed E-state index contributed by atoms with van der Waals surface area (Å²) in [6.07, 6.45) is 1.63. The van der Waals surface area contributed by atoms with Gasteiger partial charge in [0.05, 0.1) is 17.7 Å². The van der Waals surface area contributed by atoms with E-state index < -0.39 is 0 Å². The van der Waals surface area contributed by atoms with E-state index in [-0.39, 0.29) is 5.56 Å². The highest BCUT2D eigenvalue weighted by Gasteiger charge is 2.13. The molecule has 0 aliphatic carbocycles. The van der Waals surface area contributed by atoms with Crippen molar-refractivity contribution in [3.63, 3.8) is 0 Å². The molecule has 21 heavy (non-hydrogen) atoms. The van der Waals surface area contributed by atoms with Crippen LogP contribution in [-0.2, 0) is 0 Å². The van der Waals surface area contributed by atoms with Crippen LogP contribution in [-0.4, -0.2) is 21.1 Å². The summed E-state index contributed by atoms with van der Waals surface area (Å²) >= 11 is 0. The highest BCUT2D eigenvalue weighted by atomic mass is 16.5. The van der Waals surface area contributed by atoms with E-state index in [9.17, 15) is 4.79 Å². The predicted octanol–water partition coefficient (Wildman–Crippen LogP) is 2.49. The zero-order chi connectivity index (χ0) is 14.8. The van der Waals surface area contributed by atoms with Crippen LogP contribution in [0.15, 0.2) is 47.4 Å². The predicted molar refractivity (Wildman–Crippen MR) is 81.0 cm³/mol. The van der Waals surface area contributed by atoms with Crippen molar-refractivity contribution in [1.29, 1.82) is 0 Å². The number of aryl methyl sites for hydroxylation is 1. The highest BCUT2D eigenvalue weighted by molar-refractivity contribution is 5.73. The molecule has 3 rings (SSSR count). The summed E-state index contributed by atoms with van der Waals surface area (Å²) in [5.41, 5.74) is 1.02. The molecule has 5 nitrogen and oxygen atoms in total. The van der Waals surface area contributed by atoms with Gasteiger partial charge in [-0.25, -0.2) is 9.97 Å². The second-order valence-electron chi connectivity index (χ2n) is 4.57. The fourth-order valence-corrected chi connectivity index (χ4v) is 2.33. The van der Waals surface area contributed by atoms with Crippen molar-refractivity contribution in [1.82, 2.24) is 14.5 Å². The van der Waals surface area contributed by atoms with E-state index in [1.165, 1.54) is 0 Å². The smallest absolute Gasteiger partial charge is 0.267 e. The van der Waals surface area contributed by atoms with Gasteiger partial charge in [-0.3, -0.25) is 9.36 Å². The Kier molecular flexibility index (Phi) is 3.39. The van der Waals surface area contributed by atoms with Gasteiger partial charge < -0.3 is 4.74 Å². The van der Waals surface area contributed by atoms with Crippen molar-refractivity contribution in [2.75, 3.05) is 6.61 Å². The zero-order valence-corrected chi connectivity index (χ0v) is 11.9. The molecule has 5 heteroatoms. The maximum absolute atomic E-state index is 12.7. The van der Waals surface area contributed by atoms with Gasteiger partial charge in [-0.15, -0.1) is 0 Å². The average Bonchev–Trinajstić information content (AvgIpc) is 2.49. The molecule has 0 saturated carbocycles. The first-order chi connectivity index (χ1) is 10.2. The Morgan fingerprint density at radius 2 is 2.00 bits per heavy atom. The number of nitrogens with zero attached hydrogens (tertiary/aromatic N) is 3. The van der Waals surface area contributed by atoms with Crippen LogP contribution < -0.4 is 10.3 Å². The summed E-state index contributed by atoms with van der Waals surface area (Å²) in [7, 11) is 0. The van der Waals surface area contributed by atoms with E-state index in [0.29, 0.717) is 34.9 Å². The second-order valence-corrected chi connectivity index (χ2v) is 4.57. The highest BCUT2D eigenvalue weighted by Crippen LogP contribution is 2.22. The van der Waals surface area contributed by atoms with Crippen molar-refractivity contribution in [2.45, 2.75) is 13.8 Å². The number of rotatable bonds is 3. The lowest BCUT2D eigenvalue weighted by Crippen LogP contribution is -2.23. The number of ether oxygens (including phenoxy) is 1. The third kappa shape index (κ3) is 2.27. The van der Waals surface area contributed by atoms with Crippen molar-refractivity contribution < 1.29 is 4.74 Å². The van der Waals surface area contributed by atoms with Crippen LogP contribution in [0.2, 0.25) is 0 Å². The Morgan fingerprint density at radius 1 is 1.19 bits per heavy atom. The number of para-hydroxylation sites is 2. The molecular weight excluding hydrogens is 266 g/mol. The Hall–Kier alpha value is -2.69. The maximum Gasteiger partial charge on any atom is 0.267 e. The maximum atomic E-state index is 12.7. The number of hydrogen-bond acceptors (Lipinski definition) is 4. The minimum atomic E-state index is -0.141. The average molecular weight is 281 g/mol. The number of hydrogen-bond donors (Lipinski definition) is 0. The number of aromatic nitrogens is 3. The van der Waals surface area contributed by atoms with Gasteiger partial charge in [0, 0.05) is 6.20 Å². The van der Waals surface area contributed by atoms with Crippen LogP contribution in [0.1, 0.15) is 12.7 Å². The van der Waals surface area contributed by atoms with Gasteiger partial charge in [-0.2, -0.15) is 0 Å². The van der Waals surface area contributed by atoms with Gasteiger partial charge in [-0.1, -0.05) is 12.1 Å². The van der Waals surface area contributed by atoms with Gasteiger partial charge in [-0.05, 0) is 38.1 Å². The Balaban J connectivity index is 2.33. The third-order valence-corrected chi connectivity index (χ3v) is 3.22. The van der Waals surface area contributed by atoms with Crippen LogP contribution in [0.3, 0.4) is 0 Å². The summed E-state index contributed by atoms with van der Waals surface area (Å²) < 4.78 is 7.17. The number of benzene rings is 1. The molecule has 2 heterocycles. The van der Waals surface area contributed by atoms with E-state index >= 15 is 0 Å². The monoisotopic (exact) mass is 281 g/mol. The normalized spacial score (nSPS) is 10.8. The molecule has 0 fully saturated rings. The molecule has 2 aromatic heterocycles. The molecule has 0 amide bonds. The topological polar surface area (TPSA) is 57.0 Å². The second kappa shape index (κ2) is 5.36. The van der Waals surface area contributed by atoms with Crippen LogP contribution >= 0.6 is 0 Å². The Labute approximate surface area is 121 Å². The molecule has 0 unspecified atom stereocenters. The zero-order valence-electron chi connectivity index (χ0n) is 11.9. The van der Waals surface area contributed by atoms with Crippen molar-refractivity contribution in [3.8, 4) is 11.4 Å². The fraction of sp³-hybridized carbons (Fsp3) is 0.188. The first-order valence-electron chi connectivity index (χ1n) is 6.79. The van der Waals surface area contributed by atoms with E-state index in [2.05, 4.69) is 9.97 Å². The molecule has 0 spiro atoms. The molecule has 106 valence electrons. The number of fused-ring (bicyclic) bond motifs is 1. The third-order valence-electron chi connectivity index (χ3n) is 3.22. The number of pyridine rings is 1. The lowest BCUT2D eigenvalue weighted by atomic mass is 10.2. The first kappa shape index (κ1) is 13.3. The molecule has 0 saturated heterocycles. The Morgan fingerprint density at radius 3 is 2.81 bits per heavy atom. The van der Waals surface area contributed by atoms with E-state index in [1.807, 2.05) is 31.2 Å². The van der Waals surface area contributed by atoms with Crippen LogP contribution in [0, 0.1) is 6.92 Å². The van der Waals surface area contributed by atoms with Gasteiger partial charge in [0.15, 0.2) is 5.65 Å². The van der Waals surface area contributed by atoms with E-state index in [0.717, 1.165) is 0 Å².